The van der Waals surface area contributed by atoms with E-state index in [9.17, 15) is 8.22 Å². The molecule has 0 spiro atoms. The molecule has 0 fully saturated rings. The first-order valence-corrected chi connectivity index (χ1v) is 17.4. The first-order chi connectivity index (χ1) is 31.5. The van der Waals surface area contributed by atoms with E-state index in [1.165, 1.54) is 4.90 Å². The molecule has 2 heteroatoms. The van der Waals surface area contributed by atoms with Crippen LogP contribution >= 0.6 is 0 Å². The fraction of sp³-hybridized carbons (Fsp3) is 0.0588. The number of para-hydroxylation sites is 2. The molecular weight excluding hydrogens is 641 g/mol. The standard InChI is InChI=1S/C51H38N2/c1-51(2)47-25-11-9-23-43(47)44-29-28-42(34-48(44)51)52(40-21-13-17-36(31-40)35-15-5-3-6-16-35)41-22-14-18-37(32-41)38-27-30-50-46(33-38)45-24-10-12-26-49(45)53(50)39-19-7-4-8-20-39/h3-34H,1-2H3/i3D,5D,6D,13D,14D,15D,16D,17D,18D,21D,22D,31D,32D. The zero-order chi connectivity index (χ0) is 46.8. The van der Waals surface area contributed by atoms with Crippen LogP contribution in [-0.2, 0) is 5.41 Å². The molecule has 1 aliphatic carbocycles. The third-order valence-electron chi connectivity index (χ3n) is 10.2. The highest BCUT2D eigenvalue weighted by Gasteiger charge is 2.35. The second kappa shape index (κ2) is 12.3. The van der Waals surface area contributed by atoms with E-state index in [1.54, 1.807) is 12.1 Å². The lowest BCUT2D eigenvalue weighted by Crippen LogP contribution is -2.16. The molecule has 0 N–H and O–H groups in total. The van der Waals surface area contributed by atoms with Crippen LogP contribution in [0.1, 0.15) is 42.8 Å². The Morgan fingerprint density at radius 3 is 1.91 bits per heavy atom. The molecule has 10 rings (SSSR count). The Labute approximate surface area is 329 Å². The molecule has 53 heavy (non-hydrogen) atoms. The van der Waals surface area contributed by atoms with Gasteiger partial charge in [0.15, 0.2) is 0 Å². The predicted octanol–water partition coefficient (Wildman–Crippen LogP) is 13.9. The van der Waals surface area contributed by atoms with E-state index in [2.05, 4.69) is 18.4 Å². The molecule has 8 aromatic carbocycles. The lowest BCUT2D eigenvalue weighted by Gasteiger charge is -2.29. The minimum absolute atomic E-state index is 0.00421. The zero-order valence-electron chi connectivity index (χ0n) is 41.9. The molecule has 0 saturated carbocycles. The van der Waals surface area contributed by atoms with Crippen LogP contribution in [0, 0.1) is 0 Å². The molecule has 1 heterocycles. The van der Waals surface area contributed by atoms with E-state index in [1.807, 2.05) is 103 Å². The van der Waals surface area contributed by atoms with Gasteiger partial charge in [-0.1, -0.05) is 141 Å². The van der Waals surface area contributed by atoms with Gasteiger partial charge < -0.3 is 9.47 Å². The molecule has 1 aliphatic rings. The van der Waals surface area contributed by atoms with Crippen LogP contribution in [0.15, 0.2) is 194 Å². The van der Waals surface area contributed by atoms with Crippen molar-refractivity contribution in [2.45, 2.75) is 19.3 Å². The number of rotatable bonds is 6. The van der Waals surface area contributed by atoms with Crippen molar-refractivity contribution in [3.63, 3.8) is 0 Å². The largest absolute Gasteiger partial charge is 0.310 e. The Balaban J connectivity index is 1.29. The van der Waals surface area contributed by atoms with E-state index in [0.717, 1.165) is 49.7 Å². The number of hydrogen-bond acceptors (Lipinski definition) is 1. The first kappa shape index (κ1) is 20.4. The van der Waals surface area contributed by atoms with Crippen molar-refractivity contribution in [1.29, 1.82) is 0 Å². The first-order valence-electron chi connectivity index (χ1n) is 23.9. The highest BCUT2D eigenvalue weighted by atomic mass is 15.1. The molecule has 0 amide bonds. The summed E-state index contributed by atoms with van der Waals surface area (Å²) in [4.78, 5) is 1.27. The summed E-state index contributed by atoms with van der Waals surface area (Å²) in [6.45, 7) is 4.10. The summed E-state index contributed by atoms with van der Waals surface area (Å²) in [6, 6.07) is 28.3. The lowest BCUT2D eigenvalue weighted by molar-refractivity contribution is 0.660. The maximum atomic E-state index is 10.0. The fourth-order valence-electron chi connectivity index (χ4n) is 7.72. The molecule has 0 unspecified atom stereocenters. The van der Waals surface area contributed by atoms with Crippen molar-refractivity contribution in [3.05, 3.63) is 205 Å². The van der Waals surface area contributed by atoms with Gasteiger partial charge in [0.2, 0.25) is 0 Å². The van der Waals surface area contributed by atoms with Crippen LogP contribution in [0.4, 0.5) is 17.1 Å². The summed E-state index contributed by atoms with van der Waals surface area (Å²) >= 11 is 0. The van der Waals surface area contributed by atoms with Crippen molar-refractivity contribution in [3.8, 4) is 39.1 Å². The summed E-state index contributed by atoms with van der Waals surface area (Å²) in [5, 5.41) is 1.71. The van der Waals surface area contributed by atoms with Gasteiger partial charge in [0.1, 0.15) is 0 Å². The number of benzene rings is 8. The third-order valence-corrected chi connectivity index (χ3v) is 10.2. The Bertz CT molecular complexity index is 3530. The van der Waals surface area contributed by atoms with E-state index < -0.39 is 94.7 Å². The third kappa shape index (κ3) is 5.10. The Hall–Kier alpha value is -6.64. The van der Waals surface area contributed by atoms with E-state index in [0.29, 0.717) is 5.56 Å². The maximum absolute atomic E-state index is 10.0. The van der Waals surface area contributed by atoms with Crippen LogP contribution in [0.2, 0.25) is 0 Å². The molecule has 9 aromatic rings. The Kier molecular flexibility index (Phi) is 4.72. The minimum atomic E-state index is -0.733. The molecule has 1 aromatic heterocycles. The van der Waals surface area contributed by atoms with Gasteiger partial charge >= 0.3 is 0 Å². The molecule has 0 bridgehead atoms. The van der Waals surface area contributed by atoms with E-state index in [4.69, 9.17) is 9.60 Å². The van der Waals surface area contributed by atoms with Crippen molar-refractivity contribution < 1.29 is 17.8 Å². The van der Waals surface area contributed by atoms with Gasteiger partial charge in [0.25, 0.3) is 0 Å². The topological polar surface area (TPSA) is 8.17 Å². The SMILES string of the molecule is [2H]c1c([2H])c([2H])c(-c2c([2H])c([2H])c([2H])c(N(c3ccc4c(c3)C(C)(C)c3ccccc3-4)c3c([2H])c([2H])c([2H])c(-c4ccc5c(c4)c4ccccc4n5-c4ccccc4)c3[2H])c2[2H])c([2H])c1[2H]. The van der Waals surface area contributed by atoms with Crippen molar-refractivity contribution >= 4 is 38.9 Å². The quantitative estimate of drug-likeness (QED) is 0.168. The monoisotopic (exact) mass is 691 g/mol. The van der Waals surface area contributed by atoms with Crippen molar-refractivity contribution in [2.24, 2.45) is 0 Å². The van der Waals surface area contributed by atoms with Crippen molar-refractivity contribution in [1.82, 2.24) is 4.57 Å². The van der Waals surface area contributed by atoms with Gasteiger partial charge in [-0.05, 0) is 111 Å². The number of hydrogen-bond donors (Lipinski definition) is 0. The molecule has 0 saturated heterocycles. The second-order valence-corrected chi connectivity index (χ2v) is 13.6. The van der Waals surface area contributed by atoms with Gasteiger partial charge in [0, 0.05) is 38.9 Å². The normalized spacial score (nSPS) is 16.3. The predicted molar refractivity (Wildman–Crippen MR) is 224 cm³/mol. The van der Waals surface area contributed by atoms with Gasteiger partial charge in [0.05, 0.1) is 28.9 Å². The number of aromatic nitrogens is 1. The van der Waals surface area contributed by atoms with Crippen LogP contribution in [0.5, 0.6) is 0 Å². The van der Waals surface area contributed by atoms with Gasteiger partial charge in [-0.25, -0.2) is 0 Å². The van der Waals surface area contributed by atoms with E-state index in [-0.39, 0.29) is 23.0 Å². The molecule has 0 atom stereocenters. The highest BCUT2D eigenvalue weighted by molar-refractivity contribution is 6.10. The van der Waals surface area contributed by atoms with Gasteiger partial charge in [-0.2, -0.15) is 0 Å². The second-order valence-electron chi connectivity index (χ2n) is 13.6. The average molecular weight is 692 g/mol. The summed E-state index contributed by atoms with van der Waals surface area (Å²) in [7, 11) is 0. The average Bonchev–Trinajstić information content (AvgIpc) is 3.77. The number of fused-ring (bicyclic) bond motifs is 6. The fourth-order valence-corrected chi connectivity index (χ4v) is 7.72. The Morgan fingerprint density at radius 1 is 0.472 bits per heavy atom. The number of anilines is 3. The maximum Gasteiger partial charge on any atom is 0.0651 e. The minimum Gasteiger partial charge on any atom is -0.310 e. The van der Waals surface area contributed by atoms with Gasteiger partial charge in [-0.3, -0.25) is 0 Å². The van der Waals surface area contributed by atoms with Crippen LogP contribution < -0.4 is 4.90 Å². The van der Waals surface area contributed by atoms with Gasteiger partial charge in [-0.15, -0.1) is 0 Å². The molecule has 0 aliphatic heterocycles. The smallest absolute Gasteiger partial charge is 0.0651 e. The summed E-state index contributed by atoms with van der Waals surface area (Å²) in [5.41, 5.74) is 4.79. The van der Waals surface area contributed by atoms with Crippen LogP contribution in [-0.4, -0.2) is 4.57 Å². The molecule has 0 radical (unpaired) electrons. The summed E-state index contributed by atoms with van der Waals surface area (Å²) < 4.78 is 120. The highest BCUT2D eigenvalue weighted by Crippen LogP contribution is 2.51. The van der Waals surface area contributed by atoms with Crippen LogP contribution in [0.3, 0.4) is 0 Å². The summed E-state index contributed by atoms with van der Waals surface area (Å²) in [5.74, 6) is 0. The number of nitrogens with zero attached hydrogens (tertiary/aromatic N) is 2. The molecular formula is C51H38N2. The lowest BCUT2D eigenvalue weighted by atomic mass is 9.82. The molecule has 2 nitrogen and oxygen atoms in total. The van der Waals surface area contributed by atoms with Crippen LogP contribution in [0.25, 0.3) is 60.9 Å². The molecule has 252 valence electrons. The Morgan fingerprint density at radius 2 is 1.11 bits per heavy atom. The van der Waals surface area contributed by atoms with Crippen molar-refractivity contribution in [2.75, 3.05) is 4.90 Å². The van der Waals surface area contributed by atoms with E-state index >= 15 is 0 Å². The zero-order valence-corrected chi connectivity index (χ0v) is 28.9. The summed E-state index contributed by atoms with van der Waals surface area (Å²) in [6.07, 6.45) is 0.